The molecule has 0 aliphatic heterocycles. The molecule has 7 N–H and O–H groups in total. The Bertz CT molecular complexity index is 1830. The van der Waals surface area contributed by atoms with Crippen molar-refractivity contribution in [3.63, 3.8) is 0 Å². The van der Waals surface area contributed by atoms with Crippen molar-refractivity contribution in [2.24, 2.45) is 16.9 Å². The van der Waals surface area contributed by atoms with Crippen LogP contribution in [0.1, 0.15) is 61.3 Å². The highest BCUT2D eigenvalue weighted by Gasteiger charge is 2.55. The number of halogens is 8. The van der Waals surface area contributed by atoms with E-state index >= 15 is 0 Å². The molecule has 2 amide bonds. The zero-order valence-corrected chi connectivity index (χ0v) is 26.4. The molecular weight excluding hydrogens is 678 g/mol. The molecule has 0 radical (unpaired) electrons. The number of benzene rings is 2. The van der Waals surface area contributed by atoms with Gasteiger partial charge in [-0.25, -0.2) is 8.78 Å². The lowest BCUT2D eigenvalue weighted by atomic mass is 10.0. The Morgan fingerprint density at radius 1 is 0.740 bits per heavy atom. The van der Waals surface area contributed by atoms with Crippen LogP contribution in [0.15, 0.2) is 73.1 Å². The summed E-state index contributed by atoms with van der Waals surface area (Å²) in [4.78, 5) is 31.7. The standard InChI is InChI=1S/C19H18F4N4O2.C14H13F4N3/c1-10(26-17(29)18(7-8-18)16(24)28)14-6-5-11(9-25-14)27-15-12(19(21,22)23)3-2-4-13(15)20;1-8(19)12-6-5-9(7-20-12)21-13-10(14(16,17)18)3-2-4-11(13)15/h2-6,9-10,27H,7-8H2,1H3,(H2,24,28)(H,26,29);2-8,21H,19H2,1H3. The van der Waals surface area contributed by atoms with Crippen molar-refractivity contribution in [2.75, 3.05) is 10.6 Å². The fourth-order valence-electron chi connectivity index (χ4n) is 4.67. The molecule has 1 saturated carbocycles. The average Bonchev–Trinajstić information content (AvgIpc) is 3.86. The maximum absolute atomic E-state index is 13.9. The minimum absolute atomic E-state index is 0.138. The largest absolute Gasteiger partial charge is 0.418 e. The number of hydrogen-bond acceptors (Lipinski definition) is 7. The number of hydrogen-bond donors (Lipinski definition) is 5. The molecule has 266 valence electrons. The van der Waals surface area contributed by atoms with Crippen LogP contribution < -0.4 is 27.4 Å². The van der Waals surface area contributed by atoms with Crippen molar-refractivity contribution in [2.45, 2.75) is 51.1 Å². The lowest BCUT2D eigenvalue weighted by Gasteiger charge is -2.18. The number of primary amides is 1. The summed E-state index contributed by atoms with van der Waals surface area (Å²) >= 11 is 0. The normalized spacial score (nSPS) is 14.8. The Morgan fingerprint density at radius 2 is 1.18 bits per heavy atom. The molecule has 2 aromatic carbocycles. The van der Waals surface area contributed by atoms with Gasteiger partial charge in [0.25, 0.3) is 0 Å². The molecule has 1 aliphatic carbocycles. The SMILES string of the molecule is CC(N)c1ccc(Nc2c(F)cccc2C(F)(F)F)cn1.CC(NC(=O)C1(C(N)=O)CC1)c1ccc(Nc2c(F)cccc2C(F)(F)F)cn1. The molecule has 5 rings (SSSR count). The quantitative estimate of drug-likeness (QED) is 0.0897. The van der Waals surface area contributed by atoms with Gasteiger partial charge in [-0.2, -0.15) is 26.3 Å². The zero-order valence-electron chi connectivity index (χ0n) is 26.4. The minimum atomic E-state index is -4.73. The third kappa shape index (κ3) is 8.82. The monoisotopic (exact) mass is 709 g/mol. The summed E-state index contributed by atoms with van der Waals surface area (Å²) in [6.07, 6.45) is -6.06. The van der Waals surface area contributed by atoms with Crippen LogP contribution in [0.2, 0.25) is 0 Å². The third-order valence-corrected chi connectivity index (χ3v) is 7.66. The summed E-state index contributed by atoms with van der Waals surface area (Å²) < 4.78 is 105. The smallest absolute Gasteiger partial charge is 0.369 e. The van der Waals surface area contributed by atoms with Gasteiger partial charge in [-0.1, -0.05) is 12.1 Å². The number of rotatable bonds is 9. The summed E-state index contributed by atoms with van der Waals surface area (Å²) in [5.41, 5.74) is 7.57. The van der Waals surface area contributed by atoms with Crippen molar-refractivity contribution in [3.8, 4) is 0 Å². The van der Waals surface area contributed by atoms with Crippen molar-refractivity contribution in [1.82, 2.24) is 15.3 Å². The van der Waals surface area contributed by atoms with E-state index in [1.165, 1.54) is 30.6 Å². The van der Waals surface area contributed by atoms with Crippen molar-refractivity contribution in [3.05, 3.63) is 107 Å². The van der Waals surface area contributed by atoms with Gasteiger partial charge in [-0.3, -0.25) is 19.6 Å². The molecule has 50 heavy (non-hydrogen) atoms. The molecular formula is C33H31F8N7O2. The van der Waals surface area contributed by atoms with Crippen LogP contribution in [-0.2, 0) is 21.9 Å². The van der Waals surface area contributed by atoms with Gasteiger partial charge >= 0.3 is 12.4 Å². The molecule has 0 saturated heterocycles. The predicted molar refractivity (Wildman–Crippen MR) is 168 cm³/mol. The van der Waals surface area contributed by atoms with Crippen molar-refractivity contribution >= 4 is 34.6 Å². The number of amides is 2. The molecule has 2 aromatic heterocycles. The number of pyridine rings is 2. The van der Waals surface area contributed by atoms with Gasteiger partial charge < -0.3 is 27.4 Å². The van der Waals surface area contributed by atoms with Gasteiger partial charge in [0.1, 0.15) is 17.0 Å². The first-order chi connectivity index (χ1) is 23.3. The molecule has 4 aromatic rings. The van der Waals surface area contributed by atoms with Gasteiger partial charge in [0.2, 0.25) is 11.8 Å². The molecule has 0 spiro atoms. The topological polar surface area (TPSA) is 148 Å². The van der Waals surface area contributed by atoms with Gasteiger partial charge in [0.05, 0.1) is 63.7 Å². The number of nitrogens with one attached hydrogen (secondary N) is 3. The number of para-hydroxylation sites is 2. The first kappa shape index (κ1) is 37.5. The Labute approximate surface area is 280 Å². The van der Waals surface area contributed by atoms with Crippen LogP contribution in [0.25, 0.3) is 0 Å². The zero-order chi connectivity index (χ0) is 37.0. The minimum Gasteiger partial charge on any atom is -0.369 e. The van der Waals surface area contributed by atoms with Crippen LogP contribution in [0.3, 0.4) is 0 Å². The van der Waals surface area contributed by atoms with E-state index in [0.717, 1.165) is 36.4 Å². The van der Waals surface area contributed by atoms with E-state index in [1.54, 1.807) is 19.9 Å². The molecule has 2 unspecified atom stereocenters. The maximum Gasteiger partial charge on any atom is 0.418 e. The molecule has 1 fully saturated rings. The van der Waals surface area contributed by atoms with E-state index < -0.39 is 69.8 Å². The van der Waals surface area contributed by atoms with E-state index in [2.05, 4.69) is 25.9 Å². The molecule has 2 heterocycles. The highest BCUT2D eigenvalue weighted by atomic mass is 19.4. The fourth-order valence-corrected chi connectivity index (χ4v) is 4.67. The van der Waals surface area contributed by atoms with Gasteiger partial charge in [-0.15, -0.1) is 0 Å². The maximum atomic E-state index is 13.9. The highest BCUT2D eigenvalue weighted by molar-refractivity contribution is 6.07. The number of carbonyl (C=O) groups is 2. The first-order valence-electron chi connectivity index (χ1n) is 14.9. The van der Waals surface area contributed by atoms with E-state index in [9.17, 15) is 44.7 Å². The van der Waals surface area contributed by atoms with Gasteiger partial charge in [-0.05, 0) is 75.2 Å². The van der Waals surface area contributed by atoms with E-state index in [1.807, 2.05) is 0 Å². The molecule has 17 heteroatoms. The lowest BCUT2D eigenvalue weighted by molar-refractivity contribution is -0.137. The molecule has 9 nitrogen and oxygen atoms in total. The second-order valence-electron chi connectivity index (χ2n) is 11.4. The van der Waals surface area contributed by atoms with E-state index in [4.69, 9.17) is 11.5 Å². The summed E-state index contributed by atoms with van der Waals surface area (Å²) in [6.45, 7) is 3.37. The third-order valence-electron chi connectivity index (χ3n) is 7.66. The van der Waals surface area contributed by atoms with Crippen molar-refractivity contribution in [1.29, 1.82) is 0 Å². The molecule has 2 atom stereocenters. The second kappa shape index (κ2) is 14.7. The van der Waals surface area contributed by atoms with Crippen molar-refractivity contribution < 1.29 is 44.7 Å². The predicted octanol–water partition coefficient (Wildman–Crippen LogP) is 7.43. The Hall–Kier alpha value is -5.32. The number of carbonyl (C=O) groups excluding carboxylic acids is 2. The Kier molecular flexibility index (Phi) is 11.0. The van der Waals surface area contributed by atoms with Crippen LogP contribution in [0.4, 0.5) is 57.9 Å². The lowest BCUT2D eigenvalue weighted by Crippen LogP contribution is -2.41. The van der Waals surface area contributed by atoms with Crippen LogP contribution >= 0.6 is 0 Å². The summed E-state index contributed by atoms with van der Waals surface area (Å²) in [5.74, 6) is -3.20. The van der Waals surface area contributed by atoms with Crippen LogP contribution in [-0.4, -0.2) is 21.8 Å². The summed E-state index contributed by atoms with van der Waals surface area (Å²) in [5, 5.41) is 7.47. The number of nitrogens with zero attached hydrogens (tertiary/aromatic N) is 2. The highest BCUT2D eigenvalue weighted by Crippen LogP contribution is 2.46. The van der Waals surface area contributed by atoms with E-state index in [0.29, 0.717) is 24.2 Å². The average molecular weight is 710 g/mol. The second-order valence-corrected chi connectivity index (χ2v) is 11.4. The Balaban J connectivity index is 0.000000237. The number of alkyl halides is 6. The number of anilines is 4. The molecule has 1 aliphatic rings. The molecule has 0 bridgehead atoms. The van der Waals surface area contributed by atoms with Gasteiger partial charge in [0.15, 0.2) is 0 Å². The van der Waals surface area contributed by atoms with Gasteiger partial charge in [0, 0.05) is 6.04 Å². The van der Waals surface area contributed by atoms with Crippen LogP contribution in [0, 0.1) is 17.0 Å². The fraction of sp³-hybridized carbons (Fsp3) is 0.273. The summed E-state index contributed by atoms with van der Waals surface area (Å²) in [6, 6.07) is 10.6. The Morgan fingerprint density at radius 3 is 1.52 bits per heavy atom. The first-order valence-corrected chi connectivity index (χ1v) is 14.9. The van der Waals surface area contributed by atoms with E-state index in [-0.39, 0.29) is 17.4 Å². The number of nitrogens with two attached hydrogens (primary N) is 2. The summed E-state index contributed by atoms with van der Waals surface area (Å²) in [7, 11) is 0. The van der Waals surface area contributed by atoms with Crippen LogP contribution in [0.5, 0.6) is 0 Å². The number of aromatic nitrogens is 2.